The van der Waals surface area contributed by atoms with Crippen LogP contribution in [0, 0.1) is 0 Å². The quantitative estimate of drug-likeness (QED) is 0.0946. The summed E-state index contributed by atoms with van der Waals surface area (Å²) in [6.07, 6.45) is 15.9. The maximum atomic E-state index is 12.8. The first-order chi connectivity index (χ1) is 19.3. The van der Waals surface area contributed by atoms with E-state index in [-0.39, 0.29) is 36.5 Å². The summed E-state index contributed by atoms with van der Waals surface area (Å²) in [5.74, 6) is -0.803. The van der Waals surface area contributed by atoms with Crippen molar-refractivity contribution in [3.63, 3.8) is 0 Å². The number of amides is 3. The molecule has 0 aromatic rings. The van der Waals surface area contributed by atoms with Gasteiger partial charge in [-0.15, -0.1) is 0 Å². The molecule has 0 spiro atoms. The number of imide groups is 1. The topological polar surface area (TPSA) is 106 Å². The van der Waals surface area contributed by atoms with Crippen LogP contribution in [0.3, 0.4) is 0 Å². The Kier molecular flexibility index (Phi) is 18.0. The number of allylic oxidation sites excluding steroid dienone is 2. The van der Waals surface area contributed by atoms with Crippen LogP contribution in [0.5, 0.6) is 0 Å². The normalized spacial score (nSPS) is 16.9. The van der Waals surface area contributed by atoms with Crippen LogP contribution in [0.4, 0.5) is 0 Å². The van der Waals surface area contributed by atoms with E-state index in [2.05, 4.69) is 13.0 Å². The summed E-state index contributed by atoms with van der Waals surface area (Å²) in [4.78, 5) is 40.2. The van der Waals surface area contributed by atoms with Gasteiger partial charge in [-0.25, -0.2) is 0 Å². The van der Waals surface area contributed by atoms with Crippen molar-refractivity contribution in [3.8, 4) is 0 Å². The molecule has 226 valence electrons. The third kappa shape index (κ3) is 12.3. The Morgan fingerprint density at radius 3 is 2.50 bits per heavy atom. The summed E-state index contributed by atoms with van der Waals surface area (Å²) < 4.78 is 16.0. The lowest BCUT2D eigenvalue weighted by Gasteiger charge is -2.22. The predicted octanol–water partition coefficient (Wildman–Crippen LogP) is 4.85. The number of hydrogen-bond donors (Lipinski definition) is 1. The van der Waals surface area contributed by atoms with Crippen molar-refractivity contribution in [2.45, 2.75) is 83.3 Å². The molecule has 3 amide bonds. The average Bonchev–Trinajstić information content (AvgIpc) is 3.29. The van der Waals surface area contributed by atoms with Gasteiger partial charge in [0.25, 0.3) is 11.8 Å². The summed E-state index contributed by atoms with van der Waals surface area (Å²) in [6, 6.07) is -0.892. The standard InChI is InChI=1S/C30H47ClN2O7/c1-6-7-8-9-11-14-24(38-3)15-12-10-13-16-28(35)32(2)21-23(20-31)17-25(39-4)18-29(36)33-26(22-34)27(40-5)19-30(33)37/h10,12,18-20,24,26,34H,6-9,11,13-17,21-22H2,1-5H3/b12-10+,23-20-,25-18+/t24-,26+/m0/s1. The number of carbonyl (C=O) groups is 3. The summed E-state index contributed by atoms with van der Waals surface area (Å²) in [5, 5.41) is 9.62. The van der Waals surface area contributed by atoms with Gasteiger partial charge in [-0.1, -0.05) is 62.8 Å². The molecule has 0 aliphatic carbocycles. The van der Waals surface area contributed by atoms with E-state index in [0.717, 1.165) is 17.7 Å². The Bertz CT molecular complexity index is 929. The van der Waals surface area contributed by atoms with E-state index in [1.165, 1.54) is 64.0 Å². The fraction of sp³-hybridized carbons (Fsp3) is 0.633. The molecule has 1 aliphatic heterocycles. The molecule has 2 atom stereocenters. The van der Waals surface area contributed by atoms with Gasteiger partial charge in [-0.3, -0.25) is 19.3 Å². The Balaban J connectivity index is 2.56. The third-order valence-corrected chi connectivity index (χ3v) is 7.12. The molecule has 0 fully saturated rings. The van der Waals surface area contributed by atoms with Gasteiger partial charge in [0.2, 0.25) is 5.91 Å². The molecule has 10 heteroatoms. The summed E-state index contributed by atoms with van der Waals surface area (Å²) in [5.41, 5.74) is 2.01. The minimum absolute atomic E-state index is 0.0366. The van der Waals surface area contributed by atoms with Crippen LogP contribution in [0.1, 0.15) is 71.1 Å². The maximum Gasteiger partial charge on any atom is 0.257 e. The van der Waals surface area contributed by atoms with E-state index in [1.54, 1.807) is 19.1 Å². The van der Waals surface area contributed by atoms with Crippen molar-refractivity contribution in [2.24, 2.45) is 0 Å². The minimum Gasteiger partial charge on any atom is -0.501 e. The van der Waals surface area contributed by atoms with E-state index in [9.17, 15) is 19.5 Å². The maximum absolute atomic E-state index is 12.8. The number of likely N-dealkylation sites (N-methyl/N-ethyl adjacent to an activating group) is 1. The Morgan fingerprint density at radius 2 is 1.90 bits per heavy atom. The van der Waals surface area contributed by atoms with Crippen LogP contribution in [0.15, 0.2) is 46.9 Å². The number of methoxy groups -OCH3 is 3. The molecule has 0 saturated heterocycles. The Morgan fingerprint density at radius 1 is 1.18 bits per heavy atom. The summed E-state index contributed by atoms with van der Waals surface area (Å²) in [6.45, 7) is 2.00. The largest absolute Gasteiger partial charge is 0.501 e. The number of carbonyl (C=O) groups excluding carboxylic acids is 3. The van der Waals surface area contributed by atoms with Crippen molar-refractivity contribution in [2.75, 3.05) is 41.5 Å². The van der Waals surface area contributed by atoms with Crippen LogP contribution in [-0.2, 0) is 28.6 Å². The molecular weight excluding hydrogens is 536 g/mol. The van der Waals surface area contributed by atoms with Gasteiger partial charge in [0.1, 0.15) is 17.6 Å². The van der Waals surface area contributed by atoms with Crippen molar-refractivity contribution < 1.29 is 33.7 Å². The zero-order chi connectivity index (χ0) is 29.9. The first-order valence-corrected chi connectivity index (χ1v) is 14.4. The molecule has 1 heterocycles. The fourth-order valence-electron chi connectivity index (χ4n) is 4.40. The van der Waals surface area contributed by atoms with Gasteiger partial charge in [-0.05, 0) is 24.8 Å². The van der Waals surface area contributed by atoms with Gasteiger partial charge in [0.15, 0.2) is 0 Å². The average molecular weight is 583 g/mol. The second-order valence-electron chi connectivity index (χ2n) is 9.81. The van der Waals surface area contributed by atoms with Gasteiger partial charge < -0.3 is 24.2 Å². The molecule has 0 saturated carbocycles. The van der Waals surface area contributed by atoms with Crippen molar-refractivity contribution in [3.05, 3.63) is 46.9 Å². The predicted molar refractivity (Wildman–Crippen MR) is 156 cm³/mol. The summed E-state index contributed by atoms with van der Waals surface area (Å²) in [7, 11) is 6.21. The van der Waals surface area contributed by atoms with Crippen LogP contribution in [0.2, 0.25) is 0 Å². The van der Waals surface area contributed by atoms with Gasteiger partial charge in [-0.2, -0.15) is 0 Å². The van der Waals surface area contributed by atoms with Crippen LogP contribution < -0.4 is 0 Å². The molecular formula is C30H47ClN2O7. The molecule has 0 aromatic heterocycles. The van der Waals surface area contributed by atoms with E-state index >= 15 is 0 Å². The van der Waals surface area contributed by atoms with Gasteiger partial charge in [0.05, 0.1) is 26.9 Å². The lowest BCUT2D eigenvalue weighted by atomic mass is 10.1. The lowest BCUT2D eigenvalue weighted by Crippen LogP contribution is -2.42. The molecule has 1 rings (SSSR count). The number of aliphatic hydroxyl groups excluding tert-OH is 1. The SMILES string of the molecule is CCCCCCC[C@@H](C/C=C/CCC(=O)N(C)C/C(=C\Cl)C/C(=C\C(=O)N1C(=O)C=C(OC)[C@H]1CO)OC)OC. The molecule has 0 aromatic carbocycles. The molecule has 1 aliphatic rings. The number of nitrogens with zero attached hydrogens (tertiary/aromatic N) is 2. The summed E-state index contributed by atoms with van der Waals surface area (Å²) >= 11 is 6.02. The van der Waals surface area contributed by atoms with Crippen LogP contribution >= 0.6 is 11.6 Å². The van der Waals surface area contributed by atoms with Gasteiger partial charge >= 0.3 is 0 Å². The van der Waals surface area contributed by atoms with E-state index in [4.69, 9.17) is 25.8 Å². The molecule has 0 bridgehead atoms. The zero-order valence-electron chi connectivity index (χ0n) is 24.7. The molecule has 40 heavy (non-hydrogen) atoms. The highest BCUT2D eigenvalue weighted by Crippen LogP contribution is 2.22. The number of aliphatic hydroxyl groups is 1. The first kappa shape index (κ1) is 35.4. The molecule has 9 nitrogen and oxygen atoms in total. The second-order valence-corrected chi connectivity index (χ2v) is 10.0. The minimum atomic E-state index is -0.892. The monoisotopic (exact) mass is 582 g/mol. The number of ether oxygens (including phenoxy) is 3. The van der Waals surface area contributed by atoms with Crippen LogP contribution in [-0.4, -0.2) is 86.3 Å². The second kappa shape index (κ2) is 20.3. The molecule has 1 N–H and O–H groups in total. The van der Waals surface area contributed by atoms with Crippen molar-refractivity contribution in [1.82, 2.24) is 9.80 Å². The zero-order valence-corrected chi connectivity index (χ0v) is 25.5. The highest BCUT2D eigenvalue weighted by molar-refractivity contribution is 6.25. The van der Waals surface area contributed by atoms with Crippen molar-refractivity contribution in [1.29, 1.82) is 0 Å². The highest BCUT2D eigenvalue weighted by atomic mass is 35.5. The Hall–Kier alpha value is -2.62. The smallest absolute Gasteiger partial charge is 0.257 e. The van der Waals surface area contributed by atoms with Crippen molar-refractivity contribution >= 4 is 29.3 Å². The van der Waals surface area contributed by atoms with Crippen LogP contribution in [0.25, 0.3) is 0 Å². The number of hydrogen-bond acceptors (Lipinski definition) is 7. The van der Waals surface area contributed by atoms with Gasteiger partial charge in [0, 0.05) is 51.2 Å². The molecule has 0 unspecified atom stereocenters. The van der Waals surface area contributed by atoms with E-state index in [1.807, 2.05) is 6.08 Å². The third-order valence-electron chi connectivity index (χ3n) is 6.81. The van der Waals surface area contributed by atoms with E-state index < -0.39 is 24.5 Å². The molecule has 0 radical (unpaired) electrons. The number of rotatable bonds is 20. The fourth-order valence-corrected chi connectivity index (χ4v) is 4.55. The lowest BCUT2D eigenvalue weighted by molar-refractivity contribution is -0.140. The van der Waals surface area contributed by atoms with E-state index in [0.29, 0.717) is 18.4 Å². The number of halogens is 1. The first-order valence-electron chi connectivity index (χ1n) is 13.9. The number of unbranched alkanes of at least 4 members (excludes halogenated alkanes) is 4. The Labute approximate surface area is 244 Å². The highest BCUT2D eigenvalue weighted by Gasteiger charge is 2.37.